The number of fused-ring (bicyclic) bond motifs is 1. The number of nitrogens with zero attached hydrogens (tertiary/aromatic N) is 2. The molecule has 142 valence electrons. The van der Waals surface area contributed by atoms with Crippen molar-refractivity contribution in [1.82, 2.24) is 14.7 Å². The highest BCUT2D eigenvalue weighted by molar-refractivity contribution is 7.20. The van der Waals surface area contributed by atoms with Crippen molar-refractivity contribution in [3.05, 3.63) is 77.7 Å². The molecular formula is C22H21N3O2S. The van der Waals surface area contributed by atoms with Crippen LogP contribution in [0, 0.1) is 6.92 Å². The second-order valence-corrected chi connectivity index (χ2v) is 7.64. The molecule has 0 bridgehead atoms. The molecular weight excluding hydrogens is 370 g/mol. The number of benzene rings is 2. The molecule has 0 aliphatic carbocycles. The molecule has 1 amide bonds. The van der Waals surface area contributed by atoms with Crippen LogP contribution in [0.15, 0.2) is 60.9 Å². The molecule has 2 aromatic carbocycles. The number of aryl methyl sites for hydroxylation is 1. The number of nitrogens with one attached hydrogen (secondary N) is 1. The number of ether oxygens (including phenoxy) is 1. The lowest BCUT2D eigenvalue weighted by molar-refractivity contribution is 0.0950. The van der Waals surface area contributed by atoms with Gasteiger partial charge >= 0.3 is 0 Å². The van der Waals surface area contributed by atoms with Crippen LogP contribution >= 0.6 is 11.3 Å². The summed E-state index contributed by atoms with van der Waals surface area (Å²) in [5, 5.41) is 2.94. The summed E-state index contributed by atoms with van der Waals surface area (Å²) < 4.78 is 7.07. The number of imidazole rings is 1. The lowest BCUT2D eigenvalue weighted by Crippen LogP contribution is -2.25. The van der Waals surface area contributed by atoms with E-state index in [1.165, 1.54) is 5.56 Å². The van der Waals surface area contributed by atoms with Crippen LogP contribution in [-0.2, 0) is 6.42 Å². The molecule has 4 aromatic rings. The molecule has 0 radical (unpaired) electrons. The van der Waals surface area contributed by atoms with Crippen molar-refractivity contribution in [3.63, 3.8) is 0 Å². The molecule has 0 atom stereocenters. The number of carbonyl (C=O) groups excluding carboxylic acids is 1. The highest BCUT2D eigenvalue weighted by atomic mass is 32.1. The van der Waals surface area contributed by atoms with Gasteiger partial charge in [-0.2, -0.15) is 0 Å². The Morgan fingerprint density at radius 1 is 1.11 bits per heavy atom. The number of aromatic nitrogens is 2. The monoisotopic (exact) mass is 391 g/mol. The fourth-order valence-electron chi connectivity index (χ4n) is 2.96. The average molecular weight is 391 g/mol. The van der Waals surface area contributed by atoms with E-state index in [0.717, 1.165) is 33.1 Å². The lowest BCUT2D eigenvalue weighted by Gasteiger charge is -2.05. The summed E-state index contributed by atoms with van der Waals surface area (Å²) in [7, 11) is 1.65. The predicted molar refractivity (Wildman–Crippen MR) is 112 cm³/mol. The fourth-order valence-corrected chi connectivity index (χ4v) is 3.93. The molecule has 0 unspecified atom stereocenters. The van der Waals surface area contributed by atoms with Crippen LogP contribution in [0.1, 0.15) is 21.6 Å². The Morgan fingerprint density at radius 3 is 2.54 bits per heavy atom. The quantitative estimate of drug-likeness (QED) is 0.532. The summed E-state index contributed by atoms with van der Waals surface area (Å²) in [6, 6.07) is 16.3. The zero-order valence-corrected chi connectivity index (χ0v) is 16.6. The van der Waals surface area contributed by atoms with Gasteiger partial charge in [0.2, 0.25) is 0 Å². The number of rotatable bonds is 6. The zero-order chi connectivity index (χ0) is 19.5. The third-order valence-corrected chi connectivity index (χ3v) is 5.63. The van der Waals surface area contributed by atoms with E-state index < -0.39 is 0 Å². The Morgan fingerprint density at radius 2 is 1.86 bits per heavy atom. The third-order valence-electron chi connectivity index (χ3n) is 4.58. The maximum Gasteiger partial charge on any atom is 0.271 e. The van der Waals surface area contributed by atoms with E-state index in [1.54, 1.807) is 24.6 Å². The number of methoxy groups -OCH3 is 1. The van der Waals surface area contributed by atoms with Gasteiger partial charge in [0.1, 0.15) is 11.4 Å². The average Bonchev–Trinajstić information content (AvgIpc) is 3.28. The second-order valence-electron chi connectivity index (χ2n) is 6.63. The molecule has 0 aliphatic heterocycles. The standard InChI is InChI=1S/C22H21N3O2S/c1-15-3-7-17(8-4-15)20-14-25-13-19(24-22(25)28-20)21(26)23-12-11-16-5-9-18(27-2)10-6-16/h3-10,13-14H,11-12H2,1-2H3,(H,23,26). The summed E-state index contributed by atoms with van der Waals surface area (Å²) in [4.78, 5) is 18.8. The summed E-state index contributed by atoms with van der Waals surface area (Å²) in [6.45, 7) is 2.63. The first kappa shape index (κ1) is 18.3. The van der Waals surface area contributed by atoms with Gasteiger partial charge in [-0.15, -0.1) is 0 Å². The number of hydrogen-bond acceptors (Lipinski definition) is 4. The van der Waals surface area contributed by atoms with Crippen molar-refractivity contribution < 1.29 is 9.53 Å². The molecule has 0 spiro atoms. The van der Waals surface area contributed by atoms with Crippen LogP contribution in [0.25, 0.3) is 15.4 Å². The highest BCUT2D eigenvalue weighted by Crippen LogP contribution is 2.28. The highest BCUT2D eigenvalue weighted by Gasteiger charge is 2.13. The Bertz CT molecular complexity index is 1060. The Labute approximate surface area is 167 Å². The maximum atomic E-state index is 12.4. The number of amides is 1. The van der Waals surface area contributed by atoms with Crippen molar-refractivity contribution in [1.29, 1.82) is 0 Å². The molecule has 2 heterocycles. The van der Waals surface area contributed by atoms with Gasteiger partial charge in [-0.1, -0.05) is 53.3 Å². The first-order valence-corrected chi connectivity index (χ1v) is 9.91. The second kappa shape index (κ2) is 7.86. The SMILES string of the molecule is COc1ccc(CCNC(=O)c2cn3cc(-c4ccc(C)cc4)sc3n2)cc1. The summed E-state index contributed by atoms with van der Waals surface area (Å²) >= 11 is 1.58. The Hall–Kier alpha value is -3.12. The number of carbonyl (C=O) groups is 1. The van der Waals surface area contributed by atoms with E-state index in [9.17, 15) is 4.79 Å². The molecule has 1 N–H and O–H groups in total. The molecule has 6 heteroatoms. The van der Waals surface area contributed by atoms with Crippen molar-refractivity contribution in [2.24, 2.45) is 0 Å². The van der Waals surface area contributed by atoms with Crippen LogP contribution < -0.4 is 10.1 Å². The Balaban J connectivity index is 1.38. The van der Waals surface area contributed by atoms with Gasteiger partial charge in [-0.05, 0) is 36.6 Å². The van der Waals surface area contributed by atoms with Crippen molar-refractivity contribution >= 4 is 22.2 Å². The smallest absolute Gasteiger partial charge is 0.271 e. The van der Waals surface area contributed by atoms with E-state index in [2.05, 4.69) is 41.5 Å². The van der Waals surface area contributed by atoms with Crippen LogP contribution in [-0.4, -0.2) is 28.9 Å². The van der Waals surface area contributed by atoms with Gasteiger partial charge < -0.3 is 10.1 Å². The minimum Gasteiger partial charge on any atom is -0.497 e. The van der Waals surface area contributed by atoms with Gasteiger partial charge in [0.25, 0.3) is 5.91 Å². The molecule has 0 saturated heterocycles. The molecule has 4 rings (SSSR count). The van der Waals surface area contributed by atoms with Crippen LogP contribution in [0.2, 0.25) is 0 Å². The normalized spacial score (nSPS) is 10.9. The largest absolute Gasteiger partial charge is 0.497 e. The van der Waals surface area contributed by atoms with Crippen LogP contribution in [0.5, 0.6) is 5.75 Å². The van der Waals surface area contributed by atoms with Crippen molar-refractivity contribution in [3.8, 4) is 16.2 Å². The molecule has 0 saturated carbocycles. The molecule has 0 aliphatic rings. The third kappa shape index (κ3) is 3.92. The maximum absolute atomic E-state index is 12.4. The summed E-state index contributed by atoms with van der Waals surface area (Å²) in [5.74, 6) is 0.678. The summed E-state index contributed by atoms with van der Waals surface area (Å²) in [5.41, 5.74) is 3.98. The molecule has 2 aromatic heterocycles. The van der Waals surface area contributed by atoms with E-state index in [-0.39, 0.29) is 5.91 Å². The predicted octanol–water partition coefficient (Wildman–Crippen LogP) is 4.35. The number of hydrogen-bond donors (Lipinski definition) is 1. The van der Waals surface area contributed by atoms with E-state index in [0.29, 0.717) is 12.2 Å². The van der Waals surface area contributed by atoms with Crippen molar-refractivity contribution in [2.45, 2.75) is 13.3 Å². The van der Waals surface area contributed by atoms with Gasteiger partial charge in [0, 0.05) is 18.9 Å². The topological polar surface area (TPSA) is 55.6 Å². The Kier molecular flexibility index (Phi) is 5.12. The molecule has 5 nitrogen and oxygen atoms in total. The molecule has 28 heavy (non-hydrogen) atoms. The fraction of sp³-hybridized carbons (Fsp3) is 0.182. The van der Waals surface area contributed by atoms with Gasteiger partial charge in [-0.25, -0.2) is 4.98 Å². The van der Waals surface area contributed by atoms with E-state index in [1.807, 2.05) is 34.9 Å². The van der Waals surface area contributed by atoms with Gasteiger partial charge in [-0.3, -0.25) is 9.20 Å². The number of thiazole rings is 1. The first-order chi connectivity index (χ1) is 13.6. The lowest BCUT2D eigenvalue weighted by atomic mass is 10.1. The van der Waals surface area contributed by atoms with Crippen molar-refractivity contribution in [2.75, 3.05) is 13.7 Å². The minimum absolute atomic E-state index is 0.152. The van der Waals surface area contributed by atoms with Crippen LogP contribution in [0.3, 0.4) is 0 Å². The minimum atomic E-state index is -0.152. The zero-order valence-electron chi connectivity index (χ0n) is 15.8. The summed E-state index contributed by atoms with van der Waals surface area (Å²) in [6.07, 6.45) is 4.56. The van der Waals surface area contributed by atoms with Gasteiger partial charge in [0.15, 0.2) is 4.96 Å². The van der Waals surface area contributed by atoms with E-state index >= 15 is 0 Å². The van der Waals surface area contributed by atoms with Crippen LogP contribution in [0.4, 0.5) is 0 Å². The van der Waals surface area contributed by atoms with E-state index in [4.69, 9.17) is 4.74 Å². The van der Waals surface area contributed by atoms with Gasteiger partial charge in [0.05, 0.1) is 12.0 Å². The first-order valence-electron chi connectivity index (χ1n) is 9.09. The molecule has 0 fully saturated rings.